The molecule has 1 heterocycles. The minimum Gasteiger partial charge on any atom is -0.478 e. The Hall–Kier alpha value is -3.58. The van der Waals surface area contributed by atoms with Gasteiger partial charge in [0.05, 0.1) is 17.7 Å². The van der Waals surface area contributed by atoms with Gasteiger partial charge in [0.2, 0.25) is 0 Å². The Bertz CT molecular complexity index is 1170. The molecule has 4 rings (SSSR count). The first kappa shape index (κ1) is 15.0. The smallest absolute Gasteiger partial charge is 0.335 e. The summed E-state index contributed by atoms with van der Waals surface area (Å²) in [6.45, 7) is 7.76. The maximum atomic E-state index is 11.4. The predicted molar refractivity (Wildman–Crippen MR) is 98.2 cm³/mol. The highest BCUT2D eigenvalue weighted by atomic mass is 16.4. The lowest BCUT2D eigenvalue weighted by atomic mass is 10.1. The Morgan fingerprint density at radius 2 is 1.76 bits per heavy atom. The van der Waals surface area contributed by atoms with E-state index in [0.29, 0.717) is 12.2 Å². The quantitative estimate of drug-likeness (QED) is 0.533. The zero-order chi connectivity index (χ0) is 17.4. The van der Waals surface area contributed by atoms with E-state index in [1.807, 2.05) is 48.5 Å². The number of aromatic carboxylic acids is 1. The van der Waals surface area contributed by atoms with Crippen LogP contribution in [0, 0.1) is 6.57 Å². The van der Waals surface area contributed by atoms with Gasteiger partial charge in [0.15, 0.2) is 5.69 Å². The summed E-state index contributed by atoms with van der Waals surface area (Å²) in [7, 11) is 0. The first-order valence-electron chi connectivity index (χ1n) is 7.88. The normalized spacial score (nSPS) is 10.8. The van der Waals surface area contributed by atoms with Crippen molar-refractivity contribution in [3.05, 3.63) is 89.3 Å². The van der Waals surface area contributed by atoms with E-state index in [1.54, 1.807) is 18.2 Å². The summed E-state index contributed by atoms with van der Waals surface area (Å²) in [5, 5.41) is 11.4. The average Bonchev–Trinajstić information content (AvgIpc) is 2.95. The zero-order valence-electron chi connectivity index (χ0n) is 13.3. The van der Waals surface area contributed by atoms with Crippen LogP contribution in [-0.2, 0) is 6.54 Å². The Balaban J connectivity index is 1.97. The molecular formula is C21H14N2O2. The van der Waals surface area contributed by atoms with Gasteiger partial charge in [0.25, 0.3) is 0 Å². The molecule has 4 nitrogen and oxygen atoms in total. The van der Waals surface area contributed by atoms with E-state index < -0.39 is 5.97 Å². The molecule has 0 amide bonds. The van der Waals surface area contributed by atoms with E-state index >= 15 is 0 Å². The fourth-order valence-electron chi connectivity index (χ4n) is 3.26. The van der Waals surface area contributed by atoms with Crippen molar-refractivity contribution in [2.75, 3.05) is 0 Å². The number of fused-ring (bicyclic) bond motifs is 3. The Morgan fingerprint density at radius 3 is 2.56 bits per heavy atom. The van der Waals surface area contributed by atoms with E-state index in [9.17, 15) is 9.90 Å². The van der Waals surface area contributed by atoms with Crippen LogP contribution in [0.15, 0.2) is 66.7 Å². The molecule has 0 radical (unpaired) electrons. The minimum atomic E-state index is -0.936. The third kappa shape index (κ3) is 2.52. The molecule has 0 bridgehead atoms. The van der Waals surface area contributed by atoms with Gasteiger partial charge >= 0.3 is 5.97 Å². The Kier molecular flexibility index (Phi) is 3.48. The molecule has 0 aliphatic rings. The molecule has 0 unspecified atom stereocenters. The van der Waals surface area contributed by atoms with Gasteiger partial charge in [-0.05, 0) is 23.8 Å². The lowest BCUT2D eigenvalue weighted by Gasteiger charge is -2.09. The first-order valence-corrected chi connectivity index (χ1v) is 7.88. The number of benzene rings is 3. The van der Waals surface area contributed by atoms with Crippen LogP contribution in [0.5, 0.6) is 0 Å². The van der Waals surface area contributed by atoms with Crippen LogP contribution in [-0.4, -0.2) is 15.6 Å². The average molecular weight is 326 g/mol. The summed E-state index contributed by atoms with van der Waals surface area (Å²) in [6.07, 6.45) is 0. The highest BCUT2D eigenvalue weighted by Gasteiger charge is 2.13. The molecule has 0 saturated heterocycles. The summed E-state index contributed by atoms with van der Waals surface area (Å²) < 4.78 is 2.11. The van der Waals surface area contributed by atoms with Gasteiger partial charge in [-0.2, -0.15) is 0 Å². The van der Waals surface area contributed by atoms with Crippen LogP contribution < -0.4 is 0 Å². The van der Waals surface area contributed by atoms with E-state index in [2.05, 4.69) is 9.41 Å². The lowest BCUT2D eigenvalue weighted by Crippen LogP contribution is -2.01. The maximum Gasteiger partial charge on any atom is 0.335 e. The first-order chi connectivity index (χ1) is 12.2. The number of rotatable bonds is 3. The number of carbonyl (C=O) groups is 1. The summed E-state index contributed by atoms with van der Waals surface area (Å²) in [5.41, 5.74) is 3.82. The molecule has 4 heteroatoms. The van der Waals surface area contributed by atoms with Crippen LogP contribution in [0.1, 0.15) is 15.9 Å². The van der Waals surface area contributed by atoms with E-state index in [-0.39, 0.29) is 5.56 Å². The number of aromatic nitrogens is 1. The van der Waals surface area contributed by atoms with Crippen molar-refractivity contribution in [3.8, 4) is 0 Å². The highest BCUT2D eigenvalue weighted by Crippen LogP contribution is 2.30. The number of carboxylic acids is 1. The van der Waals surface area contributed by atoms with Gasteiger partial charge in [-0.3, -0.25) is 0 Å². The van der Waals surface area contributed by atoms with Crippen molar-refractivity contribution in [2.24, 2.45) is 0 Å². The third-order valence-corrected chi connectivity index (χ3v) is 4.40. The summed E-state index contributed by atoms with van der Waals surface area (Å²) >= 11 is 0. The zero-order valence-corrected chi connectivity index (χ0v) is 13.3. The van der Waals surface area contributed by atoms with Crippen LogP contribution in [0.2, 0.25) is 0 Å². The van der Waals surface area contributed by atoms with E-state index in [4.69, 9.17) is 6.57 Å². The summed E-state index contributed by atoms with van der Waals surface area (Å²) in [6, 6.07) is 20.8. The largest absolute Gasteiger partial charge is 0.478 e. The molecule has 1 aromatic heterocycles. The van der Waals surface area contributed by atoms with Gasteiger partial charge in [-0.15, -0.1) is 0 Å². The van der Waals surface area contributed by atoms with E-state index in [1.165, 1.54) is 0 Å². The van der Waals surface area contributed by atoms with Gasteiger partial charge < -0.3 is 9.67 Å². The number of carboxylic acid groups (broad SMARTS) is 1. The van der Waals surface area contributed by atoms with Crippen molar-refractivity contribution in [1.29, 1.82) is 0 Å². The SMILES string of the molecule is [C-]#[N+]c1cccc(Cn2c3ccccc3c3ccc(C(=O)O)cc32)c1. The van der Waals surface area contributed by atoms with Gasteiger partial charge in [0, 0.05) is 22.8 Å². The molecule has 120 valence electrons. The van der Waals surface area contributed by atoms with Gasteiger partial charge in [-0.25, -0.2) is 9.64 Å². The molecule has 0 saturated carbocycles. The topological polar surface area (TPSA) is 46.6 Å². The molecule has 0 aliphatic heterocycles. The molecule has 0 spiro atoms. The Labute approximate surface area is 144 Å². The van der Waals surface area contributed by atoms with Crippen molar-refractivity contribution in [3.63, 3.8) is 0 Å². The number of nitrogens with zero attached hydrogens (tertiary/aromatic N) is 2. The highest BCUT2D eigenvalue weighted by molar-refractivity contribution is 6.09. The van der Waals surface area contributed by atoms with Crippen molar-refractivity contribution in [2.45, 2.75) is 6.54 Å². The molecule has 3 aromatic carbocycles. The molecule has 1 N–H and O–H groups in total. The van der Waals surface area contributed by atoms with Gasteiger partial charge in [0.1, 0.15) is 0 Å². The Morgan fingerprint density at radius 1 is 0.960 bits per heavy atom. The summed E-state index contributed by atoms with van der Waals surface area (Å²) in [5.74, 6) is -0.936. The van der Waals surface area contributed by atoms with E-state index in [0.717, 1.165) is 27.4 Å². The second-order valence-corrected chi connectivity index (χ2v) is 5.92. The van der Waals surface area contributed by atoms with Crippen LogP contribution >= 0.6 is 0 Å². The molecule has 0 atom stereocenters. The molecule has 4 aromatic rings. The summed E-state index contributed by atoms with van der Waals surface area (Å²) in [4.78, 5) is 14.9. The molecule has 0 fully saturated rings. The standard InChI is InChI=1S/C21H14N2O2/c1-22-16-6-4-5-14(11-16)13-23-19-8-3-2-7-17(19)18-10-9-15(21(24)25)12-20(18)23/h2-12H,13H2,(H,24,25). The molecule has 0 aliphatic carbocycles. The number of hydrogen-bond acceptors (Lipinski definition) is 1. The number of hydrogen-bond donors (Lipinski definition) is 1. The number of para-hydroxylation sites is 1. The van der Waals surface area contributed by atoms with Gasteiger partial charge in [-0.1, -0.05) is 48.5 Å². The minimum absolute atomic E-state index is 0.270. The lowest BCUT2D eigenvalue weighted by molar-refractivity contribution is 0.0697. The maximum absolute atomic E-state index is 11.4. The fourth-order valence-corrected chi connectivity index (χ4v) is 3.26. The third-order valence-electron chi connectivity index (χ3n) is 4.40. The van der Waals surface area contributed by atoms with Crippen LogP contribution in [0.4, 0.5) is 5.69 Å². The monoisotopic (exact) mass is 326 g/mol. The van der Waals surface area contributed by atoms with Crippen LogP contribution in [0.3, 0.4) is 0 Å². The predicted octanol–water partition coefficient (Wildman–Crippen LogP) is 5.09. The second-order valence-electron chi connectivity index (χ2n) is 5.92. The van der Waals surface area contributed by atoms with Crippen molar-refractivity contribution < 1.29 is 9.90 Å². The fraction of sp³-hybridized carbons (Fsp3) is 0.0476. The van der Waals surface area contributed by atoms with Crippen molar-refractivity contribution in [1.82, 2.24) is 4.57 Å². The molecular weight excluding hydrogens is 312 g/mol. The van der Waals surface area contributed by atoms with Crippen molar-refractivity contribution >= 4 is 33.5 Å². The van der Waals surface area contributed by atoms with Crippen LogP contribution in [0.25, 0.3) is 26.7 Å². The molecule has 25 heavy (non-hydrogen) atoms. The second kappa shape index (κ2) is 5.81.